The van der Waals surface area contributed by atoms with E-state index in [0.29, 0.717) is 22.9 Å². The SMILES string of the molecule is CCc1cc(CO[C@H]([C@H]2O[C@@H]3SC(N(C)C)=N[C@@H]3[C@@H](O)[C@@H]2O)C(F)(F)F)ccc1OC. The van der Waals surface area contributed by atoms with Crippen LogP contribution in [0.5, 0.6) is 5.75 Å². The second kappa shape index (κ2) is 9.53. The zero-order valence-electron chi connectivity index (χ0n) is 17.7. The van der Waals surface area contributed by atoms with E-state index in [1.165, 1.54) is 7.11 Å². The number of methoxy groups -OCH3 is 1. The summed E-state index contributed by atoms with van der Waals surface area (Å²) < 4.78 is 57.6. The van der Waals surface area contributed by atoms with Crippen LogP contribution in [0.1, 0.15) is 18.1 Å². The molecule has 0 amide bonds. The summed E-state index contributed by atoms with van der Waals surface area (Å²) in [5, 5.41) is 21.4. The second-order valence-corrected chi connectivity index (χ2v) is 8.70. The van der Waals surface area contributed by atoms with Crippen LogP contribution in [0.2, 0.25) is 0 Å². The van der Waals surface area contributed by atoms with Crippen LogP contribution in [0.25, 0.3) is 0 Å². The first-order chi connectivity index (χ1) is 14.6. The molecule has 0 spiro atoms. The number of amidine groups is 1. The minimum atomic E-state index is -4.81. The van der Waals surface area contributed by atoms with Crippen LogP contribution in [0, 0.1) is 0 Å². The summed E-state index contributed by atoms with van der Waals surface area (Å²) in [5.74, 6) is 0.647. The molecular formula is C20H27F3N2O5S. The number of alkyl halides is 3. The van der Waals surface area contributed by atoms with Gasteiger partial charge >= 0.3 is 6.18 Å². The Bertz CT molecular complexity index is 808. The molecule has 31 heavy (non-hydrogen) atoms. The van der Waals surface area contributed by atoms with Gasteiger partial charge < -0.3 is 29.3 Å². The van der Waals surface area contributed by atoms with Crippen molar-refractivity contribution in [3.8, 4) is 5.75 Å². The van der Waals surface area contributed by atoms with E-state index in [0.717, 1.165) is 17.3 Å². The topological polar surface area (TPSA) is 83.8 Å². The number of benzene rings is 1. The molecule has 7 nitrogen and oxygen atoms in total. The van der Waals surface area contributed by atoms with Gasteiger partial charge in [0.2, 0.25) is 0 Å². The zero-order valence-corrected chi connectivity index (χ0v) is 18.5. The van der Waals surface area contributed by atoms with Gasteiger partial charge in [0.25, 0.3) is 0 Å². The van der Waals surface area contributed by atoms with Gasteiger partial charge in [0.05, 0.1) is 13.7 Å². The van der Waals surface area contributed by atoms with Crippen molar-refractivity contribution >= 4 is 16.9 Å². The number of nitrogens with zero attached hydrogens (tertiary/aromatic N) is 2. The van der Waals surface area contributed by atoms with E-state index < -0.39 is 42.1 Å². The predicted molar refractivity (Wildman–Crippen MR) is 110 cm³/mol. The lowest BCUT2D eigenvalue weighted by Crippen LogP contribution is -2.61. The number of hydrogen-bond acceptors (Lipinski definition) is 8. The Balaban J connectivity index is 1.77. The number of aliphatic imine (C=N–C) groups is 1. The van der Waals surface area contributed by atoms with Gasteiger partial charge in [-0.1, -0.05) is 24.8 Å². The van der Waals surface area contributed by atoms with Gasteiger partial charge in [-0.3, -0.25) is 4.99 Å². The number of fused-ring (bicyclic) bond motifs is 1. The maximum absolute atomic E-state index is 13.9. The Hall–Kier alpha value is -1.53. The smallest absolute Gasteiger partial charge is 0.417 e. The maximum Gasteiger partial charge on any atom is 0.417 e. The lowest BCUT2D eigenvalue weighted by Gasteiger charge is -2.41. The van der Waals surface area contributed by atoms with E-state index in [1.54, 1.807) is 37.2 Å². The van der Waals surface area contributed by atoms with Gasteiger partial charge in [0.15, 0.2) is 11.3 Å². The van der Waals surface area contributed by atoms with Crippen molar-refractivity contribution in [1.29, 1.82) is 0 Å². The fraction of sp³-hybridized carbons (Fsp3) is 0.650. The molecule has 0 unspecified atom stereocenters. The summed E-state index contributed by atoms with van der Waals surface area (Å²) in [7, 11) is 4.98. The highest BCUT2D eigenvalue weighted by Crippen LogP contribution is 2.41. The molecule has 2 aliphatic heterocycles. The predicted octanol–water partition coefficient (Wildman–Crippen LogP) is 2.18. The summed E-state index contributed by atoms with van der Waals surface area (Å²) in [6, 6.07) is 4.17. The molecule has 1 aromatic carbocycles. The summed E-state index contributed by atoms with van der Waals surface area (Å²) in [4.78, 5) is 5.94. The van der Waals surface area contributed by atoms with Gasteiger partial charge in [-0.25, -0.2) is 0 Å². The Kier molecular flexibility index (Phi) is 7.42. The van der Waals surface area contributed by atoms with Crippen molar-refractivity contribution in [2.24, 2.45) is 4.99 Å². The fourth-order valence-electron chi connectivity index (χ4n) is 3.60. The van der Waals surface area contributed by atoms with E-state index in [1.807, 2.05) is 6.92 Å². The molecule has 3 rings (SSSR count). The summed E-state index contributed by atoms with van der Waals surface area (Å²) >= 11 is 1.11. The first-order valence-electron chi connectivity index (χ1n) is 9.84. The first-order valence-corrected chi connectivity index (χ1v) is 10.7. The molecule has 11 heteroatoms. The normalized spacial score (nSPS) is 29.3. The van der Waals surface area contributed by atoms with E-state index in [-0.39, 0.29) is 6.61 Å². The molecule has 1 aromatic rings. The van der Waals surface area contributed by atoms with E-state index in [4.69, 9.17) is 14.2 Å². The molecule has 0 bridgehead atoms. The molecule has 174 valence electrons. The number of ether oxygens (including phenoxy) is 3. The maximum atomic E-state index is 13.9. The monoisotopic (exact) mass is 464 g/mol. The summed E-state index contributed by atoms with van der Waals surface area (Å²) in [6.07, 6.45) is -11.7. The van der Waals surface area contributed by atoms with Crippen molar-refractivity contribution in [2.75, 3.05) is 21.2 Å². The van der Waals surface area contributed by atoms with Crippen molar-refractivity contribution in [2.45, 2.75) is 62.0 Å². The number of hydrogen-bond donors (Lipinski definition) is 2. The Morgan fingerprint density at radius 2 is 1.97 bits per heavy atom. The molecule has 0 aliphatic carbocycles. The minimum absolute atomic E-state index is 0.343. The Morgan fingerprint density at radius 1 is 1.26 bits per heavy atom. The van der Waals surface area contributed by atoms with Crippen molar-refractivity contribution in [3.63, 3.8) is 0 Å². The Morgan fingerprint density at radius 3 is 2.55 bits per heavy atom. The molecule has 2 aliphatic rings. The van der Waals surface area contributed by atoms with Crippen LogP contribution in [0.4, 0.5) is 13.2 Å². The fourth-order valence-corrected chi connectivity index (χ4v) is 4.75. The molecule has 2 N–H and O–H groups in total. The number of aliphatic hydroxyl groups excluding tert-OH is 2. The summed E-state index contributed by atoms with van der Waals surface area (Å²) in [5.41, 5.74) is 0.529. The molecule has 2 heterocycles. The van der Waals surface area contributed by atoms with Crippen LogP contribution >= 0.6 is 11.8 Å². The highest BCUT2D eigenvalue weighted by molar-refractivity contribution is 8.14. The third kappa shape index (κ3) is 5.11. The van der Waals surface area contributed by atoms with Crippen molar-refractivity contribution in [1.82, 2.24) is 4.90 Å². The third-order valence-corrected chi connectivity index (χ3v) is 6.55. The molecular weight excluding hydrogens is 437 g/mol. The van der Waals surface area contributed by atoms with Crippen LogP contribution in [-0.4, -0.2) is 83.6 Å². The van der Waals surface area contributed by atoms with Crippen molar-refractivity contribution in [3.05, 3.63) is 29.3 Å². The molecule has 1 fully saturated rings. The highest BCUT2D eigenvalue weighted by Gasteiger charge is 2.57. The Labute approximate surface area is 183 Å². The number of thioether (sulfide) groups is 1. The third-order valence-electron chi connectivity index (χ3n) is 5.25. The minimum Gasteiger partial charge on any atom is -0.496 e. The van der Waals surface area contributed by atoms with Gasteiger partial charge in [0, 0.05) is 14.1 Å². The van der Waals surface area contributed by atoms with E-state index in [2.05, 4.69) is 4.99 Å². The van der Waals surface area contributed by atoms with Gasteiger partial charge in [0.1, 0.15) is 35.5 Å². The van der Waals surface area contributed by atoms with Crippen LogP contribution < -0.4 is 4.74 Å². The summed E-state index contributed by atoms with van der Waals surface area (Å²) in [6.45, 7) is 1.57. The van der Waals surface area contributed by atoms with Crippen LogP contribution in [0.3, 0.4) is 0 Å². The standard InChI is InChI=1S/C20H27F3N2O5S/c1-5-11-8-10(6-7-12(11)28-4)9-29-17(20(21,22)23)16-15(27)14(26)13-18(30-16)31-19(24-13)25(2)3/h6-8,13-18,26-27H,5,9H2,1-4H3/t13-,14-,15+,16+,17-,18-/m1/s1. The molecule has 0 aromatic heterocycles. The molecule has 6 atom stereocenters. The lowest BCUT2D eigenvalue weighted by atomic mass is 9.94. The van der Waals surface area contributed by atoms with E-state index in [9.17, 15) is 23.4 Å². The average Bonchev–Trinajstić information content (AvgIpc) is 3.15. The van der Waals surface area contributed by atoms with Gasteiger partial charge in [-0.2, -0.15) is 13.2 Å². The van der Waals surface area contributed by atoms with Gasteiger partial charge in [-0.15, -0.1) is 0 Å². The quantitative estimate of drug-likeness (QED) is 0.668. The number of aliphatic hydroxyl groups is 2. The lowest BCUT2D eigenvalue weighted by molar-refractivity contribution is -0.286. The molecule has 0 radical (unpaired) electrons. The largest absolute Gasteiger partial charge is 0.496 e. The van der Waals surface area contributed by atoms with Gasteiger partial charge in [-0.05, 0) is 29.7 Å². The van der Waals surface area contributed by atoms with Crippen LogP contribution in [0.15, 0.2) is 23.2 Å². The van der Waals surface area contributed by atoms with E-state index >= 15 is 0 Å². The molecule has 0 saturated carbocycles. The highest BCUT2D eigenvalue weighted by atomic mass is 32.2. The molecule has 1 saturated heterocycles. The average molecular weight is 465 g/mol. The zero-order chi connectivity index (χ0) is 22.9. The van der Waals surface area contributed by atoms with Crippen LogP contribution in [-0.2, 0) is 22.5 Å². The second-order valence-electron chi connectivity index (χ2n) is 7.64. The van der Waals surface area contributed by atoms with Crippen molar-refractivity contribution < 1.29 is 37.6 Å². The number of rotatable bonds is 6. The number of halogens is 3. The number of aryl methyl sites for hydroxylation is 1. The first kappa shape index (κ1) is 24.1.